The number of rotatable bonds is 8. The van der Waals surface area contributed by atoms with Crippen molar-refractivity contribution in [2.75, 3.05) is 0 Å². The minimum atomic E-state index is -5.70. The predicted molar refractivity (Wildman–Crippen MR) is 134 cm³/mol. The smallest absolute Gasteiger partial charge is 0.404 e. The fourth-order valence-electron chi connectivity index (χ4n) is 3.89. The van der Waals surface area contributed by atoms with Gasteiger partial charge in [-0.1, -0.05) is 18.2 Å². The Labute approximate surface area is 228 Å². The Bertz CT molecular complexity index is 1530. The van der Waals surface area contributed by atoms with Gasteiger partial charge in [0.2, 0.25) is 0 Å². The average molecular weight is 576 g/mol. The third kappa shape index (κ3) is 6.96. The van der Waals surface area contributed by atoms with Gasteiger partial charge in [-0.05, 0) is 83.9 Å². The molecule has 0 unspecified atom stereocenters. The monoisotopic (exact) mass is 576 g/mol. The molecule has 0 aliphatic heterocycles. The highest BCUT2D eigenvalue weighted by molar-refractivity contribution is 5.88. The number of alkyl halides is 6. The lowest BCUT2D eigenvalue weighted by Crippen LogP contribution is -2.34. The van der Waals surface area contributed by atoms with E-state index in [-0.39, 0.29) is 33.8 Å². The SMILES string of the molecule is O=C(O)c1ccc(Oc2ccc(-c3ccc(Oc4ccc(C(=O)O)cc4)c(C(C(F)(F)F)C(F)(F)F)c3)cc2)cc1. The molecule has 4 rings (SSSR count). The van der Waals surface area contributed by atoms with Gasteiger partial charge in [0.1, 0.15) is 23.0 Å². The molecular weight excluding hydrogens is 558 g/mol. The summed E-state index contributed by atoms with van der Waals surface area (Å²) in [6.07, 6.45) is -11.4. The first kappa shape index (κ1) is 29.0. The summed E-state index contributed by atoms with van der Waals surface area (Å²) in [6.45, 7) is 0. The number of hydrogen-bond donors (Lipinski definition) is 2. The van der Waals surface area contributed by atoms with Gasteiger partial charge < -0.3 is 19.7 Å². The van der Waals surface area contributed by atoms with E-state index in [0.29, 0.717) is 5.75 Å². The van der Waals surface area contributed by atoms with Crippen LogP contribution in [0.1, 0.15) is 32.2 Å². The number of carboxylic acids is 2. The zero-order valence-electron chi connectivity index (χ0n) is 20.5. The van der Waals surface area contributed by atoms with E-state index in [1.54, 1.807) is 0 Å². The number of ether oxygens (including phenoxy) is 2. The predicted octanol–water partition coefficient (Wildman–Crippen LogP) is 8.54. The van der Waals surface area contributed by atoms with Crippen molar-refractivity contribution in [2.24, 2.45) is 0 Å². The Morgan fingerprint density at radius 1 is 0.561 bits per heavy atom. The maximum atomic E-state index is 13.7. The molecular formula is C29H18F6O6. The van der Waals surface area contributed by atoms with Gasteiger partial charge in [-0.25, -0.2) is 9.59 Å². The second kappa shape index (κ2) is 11.2. The number of carboxylic acid groups (broad SMARTS) is 2. The molecule has 0 aliphatic carbocycles. The fraction of sp³-hybridized carbons (Fsp3) is 0.103. The van der Waals surface area contributed by atoms with Crippen LogP contribution in [0.2, 0.25) is 0 Å². The van der Waals surface area contributed by atoms with Gasteiger partial charge in [-0.15, -0.1) is 0 Å². The molecule has 212 valence electrons. The van der Waals surface area contributed by atoms with Crippen molar-refractivity contribution in [1.29, 1.82) is 0 Å². The van der Waals surface area contributed by atoms with Crippen molar-refractivity contribution in [3.8, 4) is 34.1 Å². The van der Waals surface area contributed by atoms with E-state index in [9.17, 15) is 35.9 Å². The van der Waals surface area contributed by atoms with E-state index in [0.717, 1.165) is 36.4 Å². The highest BCUT2D eigenvalue weighted by Crippen LogP contribution is 2.50. The van der Waals surface area contributed by atoms with Crippen LogP contribution in [-0.4, -0.2) is 34.5 Å². The topological polar surface area (TPSA) is 93.1 Å². The van der Waals surface area contributed by atoms with Crippen LogP contribution in [0.3, 0.4) is 0 Å². The molecule has 4 aromatic carbocycles. The van der Waals surface area contributed by atoms with Crippen molar-refractivity contribution >= 4 is 11.9 Å². The van der Waals surface area contributed by atoms with Crippen molar-refractivity contribution in [1.82, 2.24) is 0 Å². The minimum Gasteiger partial charge on any atom is -0.478 e. The molecule has 0 saturated carbocycles. The summed E-state index contributed by atoms with van der Waals surface area (Å²) >= 11 is 0. The van der Waals surface area contributed by atoms with Crippen molar-refractivity contribution in [2.45, 2.75) is 18.3 Å². The summed E-state index contributed by atoms with van der Waals surface area (Å²) in [5.41, 5.74) is -0.973. The zero-order chi connectivity index (χ0) is 29.9. The molecule has 0 amide bonds. The van der Waals surface area contributed by atoms with Crippen LogP contribution in [0.15, 0.2) is 91.0 Å². The molecule has 0 radical (unpaired) electrons. The lowest BCUT2D eigenvalue weighted by molar-refractivity contribution is -0.253. The summed E-state index contributed by atoms with van der Waals surface area (Å²) in [6, 6.07) is 18.7. The van der Waals surface area contributed by atoms with E-state index >= 15 is 0 Å². The van der Waals surface area contributed by atoms with E-state index in [2.05, 4.69) is 0 Å². The summed E-state index contributed by atoms with van der Waals surface area (Å²) in [7, 11) is 0. The molecule has 0 heterocycles. The molecule has 12 heteroatoms. The molecule has 2 N–H and O–H groups in total. The lowest BCUT2D eigenvalue weighted by atomic mass is 9.93. The van der Waals surface area contributed by atoms with E-state index in [1.165, 1.54) is 54.6 Å². The van der Waals surface area contributed by atoms with Gasteiger partial charge in [0.05, 0.1) is 11.1 Å². The quantitative estimate of drug-likeness (QED) is 0.204. The summed E-state index contributed by atoms with van der Waals surface area (Å²) in [4.78, 5) is 22.0. The normalized spacial score (nSPS) is 11.8. The van der Waals surface area contributed by atoms with Crippen molar-refractivity contribution < 1.29 is 55.6 Å². The first-order valence-electron chi connectivity index (χ1n) is 11.6. The molecule has 6 nitrogen and oxygen atoms in total. The summed E-state index contributed by atoms with van der Waals surface area (Å²) < 4.78 is 93.4. The van der Waals surface area contributed by atoms with Gasteiger partial charge in [-0.2, -0.15) is 26.3 Å². The van der Waals surface area contributed by atoms with Crippen LogP contribution < -0.4 is 9.47 Å². The van der Waals surface area contributed by atoms with Crippen LogP contribution in [-0.2, 0) is 0 Å². The maximum absolute atomic E-state index is 13.7. The first-order valence-corrected chi connectivity index (χ1v) is 11.6. The molecule has 41 heavy (non-hydrogen) atoms. The van der Waals surface area contributed by atoms with Gasteiger partial charge in [0.25, 0.3) is 0 Å². The lowest BCUT2D eigenvalue weighted by Gasteiger charge is -2.26. The van der Waals surface area contributed by atoms with Crippen LogP contribution >= 0.6 is 0 Å². The van der Waals surface area contributed by atoms with Crippen LogP contribution in [0.5, 0.6) is 23.0 Å². The number of benzene rings is 4. The van der Waals surface area contributed by atoms with Crippen LogP contribution in [0.25, 0.3) is 11.1 Å². The number of hydrogen-bond acceptors (Lipinski definition) is 4. The van der Waals surface area contributed by atoms with Gasteiger partial charge in [0.15, 0.2) is 5.92 Å². The fourth-order valence-corrected chi connectivity index (χ4v) is 3.89. The van der Waals surface area contributed by atoms with E-state index in [4.69, 9.17) is 19.7 Å². The standard InChI is InChI=1S/C29H18F6O6/c30-28(31,32)25(29(33,34)35)23-15-19(7-14-24(23)41-22-12-5-18(6-13-22)27(38)39)16-1-8-20(9-2-16)40-21-10-3-17(4-11-21)26(36)37/h1-15,25H,(H,36,37)(H,38,39). The highest BCUT2D eigenvalue weighted by Gasteiger charge is 2.58. The molecule has 0 saturated heterocycles. The zero-order valence-corrected chi connectivity index (χ0v) is 20.5. The summed E-state index contributed by atoms with van der Waals surface area (Å²) in [5, 5.41) is 18.0. The Hall–Kier alpha value is -5.00. The second-order valence-electron chi connectivity index (χ2n) is 8.66. The Morgan fingerprint density at radius 3 is 1.37 bits per heavy atom. The van der Waals surface area contributed by atoms with Crippen LogP contribution in [0.4, 0.5) is 26.3 Å². The molecule has 0 fully saturated rings. The molecule has 0 aliphatic rings. The van der Waals surface area contributed by atoms with Crippen LogP contribution in [0, 0.1) is 0 Å². The number of halogens is 6. The third-order valence-corrected chi connectivity index (χ3v) is 5.83. The van der Waals surface area contributed by atoms with E-state index in [1.807, 2.05) is 0 Å². The Kier molecular flexibility index (Phi) is 7.95. The van der Waals surface area contributed by atoms with Crippen molar-refractivity contribution in [3.05, 3.63) is 108 Å². The first-order chi connectivity index (χ1) is 19.2. The Morgan fingerprint density at radius 2 is 0.951 bits per heavy atom. The third-order valence-electron chi connectivity index (χ3n) is 5.83. The van der Waals surface area contributed by atoms with Crippen molar-refractivity contribution in [3.63, 3.8) is 0 Å². The summed E-state index contributed by atoms with van der Waals surface area (Å²) in [5.74, 6) is -6.54. The van der Waals surface area contributed by atoms with E-state index < -0.39 is 41.5 Å². The maximum Gasteiger partial charge on any atom is 0.404 e. The number of aromatic carboxylic acids is 2. The van der Waals surface area contributed by atoms with Gasteiger partial charge in [0, 0.05) is 5.56 Å². The minimum absolute atomic E-state index is 0.0319. The highest BCUT2D eigenvalue weighted by atomic mass is 19.4. The largest absolute Gasteiger partial charge is 0.478 e. The molecule has 0 atom stereocenters. The van der Waals surface area contributed by atoms with Gasteiger partial charge in [-0.3, -0.25) is 0 Å². The molecule has 4 aromatic rings. The molecule has 0 aromatic heterocycles. The van der Waals surface area contributed by atoms with Gasteiger partial charge >= 0.3 is 24.3 Å². The Balaban J connectivity index is 1.68. The average Bonchev–Trinajstić information content (AvgIpc) is 2.89. The molecule has 0 spiro atoms. The number of carbonyl (C=O) groups is 2. The second-order valence-corrected chi connectivity index (χ2v) is 8.66. The molecule has 0 bridgehead atoms.